The fraction of sp³-hybridized carbons (Fsp3) is 0. The molecule has 2 aromatic carbocycles. The van der Waals surface area contributed by atoms with Crippen LogP contribution in [0.1, 0.15) is 0 Å². The molecule has 0 fully saturated rings. The third-order valence-electron chi connectivity index (χ3n) is 3.66. The van der Waals surface area contributed by atoms with Crippen LogP contribution in [0.25, 0.3) is 27.5 Å². The van der Waals surface area contributed by atoms with E-state index in [-0.39, 0.29) is 11.1 Å². The van der Waals surface area contributed by atoms with E-state index in [4.69, 9.17) is 5.73 Å². The normalized spacial score (nSPS) is 11.3. The molecule has 0 atom stereocenters. The van der Waals surface area contributed by atoms with Crippen molar-refractivity contribution in [1.29, 1.82) is 0 Å². The highest BCUT2D eigenvalue weighted by Crippen LogP contribution is 2.22. The molecule has 0 spiro atoms. The van der Waals surface area contributed by atoms with Crippen LogP contribution >= 0.6 is 0 Å². The minimum Gasteiger partial charge on any atom is -0.399 e. The standard InChI is InChI=1S/C16H11FN4O/c17-13-3-1-2-11-14-12(8-19-15(11)13)16(22)21(20-14)10-6-4-9(18)5-7-10/h1-8,20H,18H2. The lowest BCUT2D eigenvalue weighted by Crippen LogP contribution is -2.14. The number of H-pyrrole nitrogens is 1. The second kappa shape index (κ2) is 4.42. The van der Waals surface area contributed by atoms with Gasteiger partial charge >= 0.3 is 0 Å². The number of nitrogens with zero attached hydrogens (tertiary/aromatic N) is 2. The summed E-state index contributed by atoms with van der Waals surface area (Å²) in [6.07, 6.45) is 1.40. The van der Waals surface area contributed by atoms with E-state index in [9.17, 15) is 9.18 Å². The summed E-state index contributed by atoms with van der Waals surface area (Å²) >= 11 is 0. The first-order valence-electron chi connectivity index (χ1n) is 6.69. The molecule has 0 aliphatic heterocycles. The molecule has 0 aliphatic carbocycles. The number of aromatic nitrogens is 3. The van der Waals surface area contributed by atoms with Crippen LogP contribution in [-0.4, -0.2) is 14.8 Å². The molecule has 0 saturated heterocycles. The van der Waals surface area contributed by atoms with Crippen molar-refractivity contribution in [2.24, 2.45) is 0 Å². The average Bonchev–Trinajstić information content (AvgIpc) is 2.86. The molecular weight excluding hydrogens is 283 g/mol. The van der Waals surface area contributed by atoms with Gasteiger partial charge in [0.1, 0.15) is 11.3 Å². The first-order valence-corrected chi connectivity index (χ1v) is 6.69. The third kappa shape index (κ3) is 1.70. The van der Waals surface area contributed by atoms with Gasteiger partial charge in [-0.3, -0.25) is 14.9 Å². The number of nitrogen functional groups attached to an aromatic ring is 1. The maximum Gasteiger partial charge on any atom is 0.280 e. The zero-order valence-corrected chi connectivity index (χ0v) is 11.4. The van der Waals surface area contributed by atoms with Gasteiger partial charge in [-0.25, -0.2) is 9.07 Å². The Hall–Kier alpha value is -3.15. The van der Waals surface area contributed by atoms with E-state index < -0.39 is 5.82 Å². The molecule has 6 heteroatoms. The van der Waals surface area contributed by atoms with Crippen molar-refractivity contribution in [3.8, 4) is 5.69 Å². The number of para-hydroxylation sites is 1. The average molecular weight is 294 g/mol. The number of hydrogen-bond acceptors (Lipinski definition) is 3. The van der Waals surface area contributed by atoms with E-state index in [1.165, 1.54) is 16.9 Å². The van der Waals surface area contributed by atoms with Crippen molar-refractivity contribution in [2.75, 3.05) is 5.73 Å². The molecule has 5 nitrogen and oxygen atoms in total. The van der Waals surface area contributed by atoms with Gasteiger partial charge < -0.3 is 5.73 Å². The van der Waals surface area contributed by atoms with E-state index in [1.54, 1.807) is 36.4 Å². The number of aromatic amines is 1. The van der Waals surface area contributed by atoms with E-state index in [0.717, 1.165) is 0 Å². The van der Waals surface area contributed by atoms with E-state index in [2.05, 4.69) is 10.1 Å². The number of pyridine rings is 1. The highest BCUT2D eigenvalue weighted by Gasteiger charge is 2.13. The maximum absolute atomic E-state index is 13.8. The van der Waals surface area contributed by atoms with Crippen LogP contribution in [-0.2, 0) is 0 Å². The molecule has 0 saturated carbocycles. The number of halogens is 1. The first kappa shape index (κ1) is 12.6. The van der Waals surface area contributed by atoms with E-state index >= 15 is 0 Å². The molecule has 4 aromatic rings. The second-order valence-electron chi connectivity index (χ2n) is 5.03. The Kier molecular flexibility index (Phi) is 2.53. The van der Waals surface area contributed by atoms with Crippen molar-refractivity contribution in [2.45, 2.75) is 0 Å². The molecule has 0 unspecified atom stereocenters. The molecule has 108 valence electrons. The van der Waals surface area contributed by atoms with Gasteiger partial charge in [0.25, 0.3) is 5.56 Å². The van der Waals surface area contributed by atoms with Gasteiger partial charge in [-0.1, -0.05) is 12.1 Å². The summed E-state index contributed by atoms with van der Waals surface area (Å²) in [5, 5.41) is 4.01. The lowest BCUT2D eigenvalue weighted by atomic mass is 10.1. The Morgan fingerprint density at radius 1 is 1.09 bits per heavy atom. The van der Waals surface area contributed by atoms with Crippen LogP contribution in [0.2, 0.25) is 0 Å². The Bertz CT molecular complexity index is 1060. The van der Waals surface area contributed by atoms with Crippen LogP contribution in [0, 0.1) is 5.82 Å². The van der Waals surface area contributed by atoms with Crippen LogP contribution in [0.15, 0.2) is 53.5 Å². The molecule has 22 heavy (non-hydrogen) atoms. The predicted molar refractivity (Wildman–Crippen MR) is 83.6 cm³/mol. The molecule has 4 rings (SSSR count). The SMILES string of the molecule is Nc1ccc(-n2[nH]c3c(cnc4c(F)cccc43)c2=O)cc1. The minimum atomic E-state index is -0.416. The van der Waals surface area contributed by atoms with Gasteiger partial charge in [0.05, 0.1) is 16.6 Å². The molecule has 2 heterocycles. The van der Waals surface area contributed by atoms with Gasteiger partial charge in [0.2, 0.25) is 0 Å². The van der Waals surface area contributed by atoms with Gasteiger partial charge in [-0.15, -0.1) is 0 Å². The van der Waals surface area contributed by atoms with Gasteiger partial charge in [-0.2, -0.15) is 0 Å². The van der Waals surface area contributed by atoms with Crippen LogP contribution in [0.4, 0.5) is 10.1 Å². The number of nitrogens with two attached hydrogens (primary N) is 1. The number of nitrogens with one attached hydrogen (secondary N) is 1. The zero-order chi connectivity index (χ0) is 15.3. The fourth-order valence-electron chi connectivity index (χ4n) is 2.56. The van der Waals surface area contributed by atoms with Crippen molar-refractivity contribution in [3.63, 3.8) is 0 Å². The third-order valence-corrected chi connectivity index (χ3v) is 3.66. The fourth-order valence-corrected chi connectivity index (χ4v) is 2.56. The van der Waals surface area contributed by atoms with Crippen LogP contribution in [0.3, 0.4) is 0 Å². The predicted octanol–water partition coefficient (Wildman–Crippen LogP) is 2.59. The summed E-state index contributed by atoms with van der Waals surface area (Å²) in [5.41, 5.74) is 7.49. The van der Waals surface area contributed by atoms with Gasteiger partial charge in [0.15, 0.2) is 0 Å². The topological polar surface area (TPSA) is 76.7 Å². The van der Waals surface area contributed by atoms with Crippen molar-refractivity contribution in [1.82, 2.24) is 14.8 Å². The Labute approximate surface area is 123 Å². The summed E-state index contributed by atoms with van der Waals surface area (Å²) in [4.78, 5) is 16.6. The number of anilines is 1. The van der Waals surface area contributed by atoms with Crippen molar-refractivity contribution < 1.29 is 4.39 Å². The Morgan fingerprint density at radius 3 is 2.64 bits per heavy atom. The van der Waals surface area contributed by atoms with Crippen LogP contribution in [0.5, 0.6) is 0 Å². The smallest absolute Gasteiger partial charge is 0.280 e. The summed E-state index contributed by atoms with van der Waals surface area (Å²) in [6.45, 7) is 0. The quantitative estimate of drug-likeness (QED) is 0.530. The highest BCUT2D eigenvalue weighted by molar-refractivity contribution is 6.02. The first-order chi connectivity index (χ1) is 10.6. The largest absolute Gasteiger partial charge is 0.399 e. The maximum atomic E-state index is 13.8. The summed E-state index contributed by atoms with van der Waals surface area (Å²) in [7, 11) is 0. The zero-order valence-electron chi connectivity index (χ0n) is 11.4. The number of rotatable bonds is 1. The number of fused-ring (bicyclic) bond motifs is 3. The number of hydrogen-bond donors (Lipinski definition) is 2. The monoisotopic (exact) mass is 294 g/mol. The Balaban J connectivity index is 2.08. The van der Waals surface area contributed by atoms with Gasteiger partial charge in [0, 0.05) is 17.3 Å². The summed E-state index contributed by atoms with van der Waals surface area (Å²) in [6, 6.07) is 11.6. The van der Waals surface area contributed by atoms with Crippen molar-refractivity contribution >= 4 is 27.5 Å². The molecule has 2 aromatic heterocycles. The molecule has 3 N–H and O–H groups in total. The molecular formula is C16H11FN4O. The number of benzene rings is 2. The van der Waals surface area contributed by atoms with E-state index in [1.807, 2.05) is 0 Å². The van der Waals surface area contributed by atoms with Gasteiger partial charge in [-0.05, 0) is 30.3 Å². The molecule has 0 bridgehead atoms. The summed E-state index contributed by atoms with van der Waals surface area (Å²) < 4.78 is 15.2. The summed E-state index contributed by atoms with van der Waals surface area (Å²) in [5.74, 6) is -0.416. The second-order valence-corrected chi connectivity index (χ2v) is 5.03. The molecule has 0 amide bonds. The minimum absolute atomic E-state index is 0.237. The molecule has 0 radical (unpaired) electrons. The van der Waals surface area contributed by atoms with Crippen LogP contribution < -0.4 is 11.3 Å². The van der Waals surface area contributed by atoms with E-state index in [0.29, 0.717) is 27.7 Å². The lowest BCUT2D eigenvalue weighted by molar-refractivity contribution is 0.637. The lowest BCUT2D eigenvalue weighted by Gasteiger charge is -2.01. The van der Waals surface area contributed by atoms with Crippen molar-refractivity contribution in [3.05, 3.63) is 64.8 Å². The molecule has 0 aliphatic rings. The Morgan fingerprint density at radius 2 is 1.86 bits per heavy atom. The highest BCUT2D eigenvalue weighted by atomic mass is 19.1.